The molecule has 1 aromatic carbocycles. The number of nitrogens with zero attached hydrogens (tertiary/aromatic N) is 3. The number of carbonyl (C=O) groups excluding carboxylic acids is 1. The van der Waals surface area contributed by atoms with E-state index in [0.29, 0.717) is 28.4 Å². The van der Waals surface area contributed by atoms with Gasteiger partial charge in [-0.15, -0.1) is 0 Å². The molecule has 0 radical (unpaired) electrons. The van der Waals surface area contributed by atoms with Gasteiger partial charge in [-0.1, -0.05) is 44.7 Å². The van der Waals surface area contributed by atoms with Crippen LogP contribution in [0.2, 0.25) is 0 Å². The number of hydrogen-bond acceptors (Lipinski definition) is 6. The van der Waals surface area contributed by atoms with Crippen LogP contribution < -0.4 is 5.56 Å². The maximum absolute atomic E-state index is 13.0. The van der Waals surface area contributed by atoms with Gasteiger partial charge >= 0.3 is 0 Å². The summed E-state index contributed by atoms with van der Waals surface area (Å²) in [5.74, 6) is 0.459. The Kier molecular flexibility index (Phi) is 6.34. The number of aromatic nitrogens is 2. The second-order valence-electron chi connectivity index (χ2n) is 7.78. The molecule has 1 fully saturated rings. The Bertz CT molecular complexity index is 867. The molecule has 7 heteroatoms. The van der Waals surface area contributed by atoms with E-state index >= 15 is 0 Å². The smallest absolute Gasteiger partial charge is 0.262 e. The average molecular weight is 390 g/mol. The molecule has 2 aromatic rings. The molecule has 1 aromatic heterocycles. The van der Waals surface area contributed by atoms with Crippen molar-refractivity contribution in [3.8, 4) is 0 Å². The van der Waals surface area contributed by atoms with Gasteiger partial charge in [-0.25, -0.2) is 4.98 Å². The fourth-order valence-electron chi connectivity index (χ4n) is 2.87. The molecule has 0 spiro atoms. The van der Waals surface area contributed by atoms with Crippen molar-refractivity contribution in [3.63, 3.8) is 0 Å². The third kappa shape index (κ3) is 4.97. The van der Waals surface area contributed by atoms with E-state index < -0.39 is 5.41 Å². The topological polar surface area (TPSA) is 64.4 Å². The highest BCUT2D eigenvalue weighted by molar-refractivity contribution is 7.99. The summed E-state index contributed by atoms with van der Waals surface area (Å²) in [5.41, 5.74) is 0.235. The van der Waals surface area contributed by atoms with Crippen LogP contribution in [0.4, 0.5) is 0 Å². The lowest BCUT2D eigenvalue weighted by molar-refractivity contribution is -0.123. The zero-order valence-electron chi connectivity index (χ0n) is 16.2. The number of ether oxygens (including phenoxy) is 1. The first-order valence-corrected chi connectivity index (χ1v) is 10.3. The summed E-state index contributed by atoms with van der Waals surface area (Å²) in [4.78, 5) is 32.4. The fourth-order valence-corrected chi connectivity index (χ4v) is 4.05. The van der Waals surface area contributed by atoms with Gasteiger partial charge in [0.05, 0.1) is 29.9 Å². The summed E-state index contributed by atoms with van der Waals surface area (Å²) >= 11 is 1.36. The normalized spacial score (nSPS) is 16.0. The van der Waals surface area contributed by atoms with E-state index in [0.717, 1.165) is 32.8 Å². The second-order valence-corrected chi connectivity index (χ2v) is 8.73. The van der Waals surface area contributed by atoms with Gasteiger partial charge in [0.2, 0.25) is 0 Å². The third-order valence-corrected chi connectivity index (χ3v) is 5.72. The Hall–Kier alpha value is -1.70. The molecule has 0 aliphatic carbocycles. The van der Waals surface area contributed by atoms with E-state index in [1.807, 2.05) is 45.0 Å². The summed E-state index contributed by atoms with van der Waals surface area (Å²) < 4.78 is 7.11. The van der Waals surface area contributed by atoms with E-state index in [1.165, 1.54) is 11.8 Å². The molecular weight excluding hydrogens is 362 g/mol. The number of rotatable bonds is 6. The lowest BCUT2D eigenvalue weighted by Crippen LogP contribution is -2.39. The molecule has 1 saturated heterocycles. The molecule has 0 atom stereocenters. The first-order valence-electron chi connectivity index (χ1n) is 9.32. The van der Waals surface area contributed by atoms with Crippen LogP contribution in [0.5, 0.6) is 0 Å². The van der Waals surface area contributed by atoms with Gasteiger partial charge in [-0.05, 0) is 12.1 Å². The molecule has 3 rings (SSSR count). The first-order chi connectivity index (χ1) is 12.9. The number of benzene rings is 1. The number of fused-ring (bicyclic) bond motifs is 1. The molecule has 6 nitrogen and oxygen atoms in total. The largest absolute Gasteiger partial charge is 0.379 e. The monoisotopic (exact) mass is 389 g/mol. The molecule has 1 aliphatic heterocycles. The van der Waals surface area contributed by atoms with E-state index in [4.69, 9.17) is 4.74 Å². The average Bonchev–Trinajstić information content (AvgIpc) is 2.65. The third-order valence-electron chi connectivity index (χ3n) is 4.74. The van der Waals surface area contributed by atoms with Crippen LogP contribution >= 0.6 is 11.8 Å². The van der Waals surface area contributed by atoms with Crippen molar-refractivity contribution in [3.05, 3.63) is 34.6 Å². The van der Waals surface area contributed by atoms with Crippen molar-refractivity contribution < 1.29 is 9.53 Å². The molecule has 146 valence electrons. The highest BCUT2D eigenvalue weighted by Crippen LogP contribution is 2.23. The summed E-state index contributed by atoms with van der Waals surface area (Å²) in [5, 5.41) is 1.23. The summed E-state index contributed by atoms with van der Waals surface area (Å²) in [6, 6.07) is 7.39. The predicted molar refractivity (Wildman–Crippen MR) is 108 cm³/mol. The summed E-state index contributed by atoms with van der Waals surface area (Å²) in [6.07, 6.45) is 0. The Morgan fingerprint density at radius 1 is 1.19 bits per heavy atom. The minimum atomic E-state index is -0.400. The van der Waals surface area contributed by atoms with Crippen LogP contribution in [0.3, 0.4) is 0 Å². The predicted octanol–water partition coefficient (Wildman–Crippen LogP) is 2.44. The van der Waals surface area contributed by atoms with Gasteiger partial charge in [-0.3, -0.25) is 19.1 Å². The highest BCUT2D eigenvalue weighted by Gasteiger charge is 2.22. The minimum absolute atomic E-state index is 0.0421. The minimum Gasteiger partial charge on any atom is -0.379 e. The zero-order valence-corrected chi connectivity index (χ0v) is 17.1. The maximum Gasteiger partial charge on any atom is 0.262 e. The summed E-state index contributed by atoms with van der Waals surface area (Å²) in [7, 11) is 0. The zero-order chi connectivity index (χ0) is 19.4. The fraction of sp³-hybridized carbons (Fsp3) is 0.550. The number of hydrogen-bond donors (Lipinski definition) is 0. The lowest BCUT2D eigenvalue weighted by Gasteiger charge is -2.27. The molecule has 0 N–H and O–H groups in total. The number of carbonyl (C=O) groups is 1. The molecular formula is C20H27N3O3S. The van der Waals surface area contributed by atoms with Crippen molar-refractivity contribution >= 4 is 28.4 Å². The van der Waals surface area contributed by atoms with Crippen LogP contribution in [0.1, 0.15) is 20.8 Å². The van der Waals surface area contributed by atoms with E-state index in [2.05, 4.69) is 9.88 Å². The lowest BCUT2D eigenvalue weighted by atomic mass is 9.92. The SMILES string of the molecule is CC(C)(C)C(=O)CSc1nc2ccccc2c(=O)n1CCN1CCOCC1. The number of ketones is 1. The molecule has 0 unspecified atom stereocenters. The van der Waals surface area contributed by atoms with Crippen LogP contribution in [0, 0.1) is 5.41 Å². The number of morpholine rings is 1. The molecule has 0 bridgehead atoms. The van der Waals surface area contributed by atoms with E-state index in [1.54, 1.807) is 4.57 Å². The Morgan fingerprint density at radius 3 is 2.59 bits per heavy atom. The van der Waals surface area contributed by atoms with Gasteiger partial charge in [0, 0.05) is 31.6 Å². The first kappa shape index (κ1) is 20.0. The summed E-state index contributed by atoms with van der Waals surface area (Å²) in [6.45, 7) is 10.3. The highest BCUT2D eigenvalue weighted by atomic mass is 32.2. The number of thioether (sulfide) groups is 1. The Balaban J connectivity index is 1.87. The molecule has 1 aliphatic rings. The second kappa shape index (κ2) is 8.54. The molecule has 27 heavy (non-hydrogen) atoms. The van der Waals surface area contributed by atoms with E-state index in [9.17, 15) is 9.59 Å². The van der Waals surface area contributed by atoms with Crippen molar-refractivity contribution in [2.45, 2.75) is 32.5 Å². The molecule has 2 heterocycles. The van der Waals surface area contributed by atoms with Crippen molar-refractivity contribution in [1.82, 2.24) is 14.5 Å². The van der Waals surface area contributed by atoms with Gasteiger partial charge in [0.1, 0.15) is 5.78 Å². The van der Waals surface area contributed by atoms with Crippen LogP contribution in [-0.4, -0.2) is 58.8 Å². The van der Waals surface area contributed by atoms with Crippen LogP contribution in [-0.2, 0) is 16.1 Å². The van der Waals surface area contributed by atoms with Crippen molar-refractivity contribution in [2.24, 2.45) is 5.41 Å². The van der Waals surface area contributed by atoms with Gasteiger partial charge < -0.3 is 4.74 Å². The van der Waals surface area contributed by atoms with Gasteiger partial charge in [0.25, 0.3) is 5.56 Å². The van der Waals surface area contributed by atoms with Crippen LogP contribution in [0.15, 0.2) is 34.2 Å². The Morgan fingerprint density at radius 2 is 1.89 bits per heavy atom. The Labute approximate surface area is 163 Å². The maximum atomic E-state index is 13.0. The van der Waals surface area contributed by atoms with Gasteiger partial charge in [-0.2, -0.15) is 0 Å². The number of Topliss-reactive ketones (excluding diaryl/α,β-unsaturated/α-hetero) is 1. The number of para-hydroxylation sites is 1. The van der Waals surface area contributed by atoms with Crippen molar-refractivity contribution in [1.29, 1.82) is 0 Å². The van der Waals surface area contributed by atoms with Crippen LogP contribution in [0.25, 0.3) is 10.9 Å². The standard InChI is InChI=1S/C20H27N3O3S/c1-20(2,3)17(24)14-27-19-21-16-7-5-4-6-15(16)18(25)23(19)9-8-22-10-12-26-13-11-22/h4-7H,8-14H2,1-3H3. The van der Waals surface area contributed by atoms with E-state index in [-0.39, 0.29) is 11.3 Å². The molecule has 0 amide bonds. The molecule has 0 saturated carbocycles. The van der Waals surface area contributed by atoms with Gasteiger partial charge in [0.15, 0.2) is 5.16 Å². The van der Waals surface area contributed by atoms with Crippen molar-refractivity contribution in [2.75, 3.05) is 38.6 Å². The quantitative estimate of drug-likeness (QED) is 0.559.